The lowest BCUT2D eigenvalue weighted by molar-refractivity contribution is 0.474. The van der Waals surface area contributed by atoms with Gasteiger partial charge in [-0.05, 0) is 31.1 Å². The summed E-state index contributed by atoms with van der Waals surface area (Å²) in [6, 6.07) is 8.15. The normalized spacial score (nSPS) is 17.1. The van der Waals surface area contributed by atoms with Gasteiger partial charge in [-0.2, -0.15) is 5.26 Å². The van der Waals surface area contributed by atoms with Crippen LogP contribution in [0.4, 0.5) is 5.69 Å². The summed E-state index contributed by atoms with van der Waals surface area (Å²) < 4.78 is 1.99. The lowest BCUT2D eigenvalue weighted by Gasteiger charge is -2.35. The zero-order chi connectivity index (χ0) is 20.4. The molecule has 2 aliphatic rings. The number of hydrogen-bond donors (Lipinski definition) is 0. The van der Waals surface area contributed by atoms with E-state index in [-0.39, 0.29) is 0 Å². The molecular weight excluding hydrogens is 364 g/mol. The van der Waals surface area contributed by atoms with Crippen LogP contribution in [-0.4, -0.2) is 45.7 Å². The molecule has 0 aliphatic carbocycles. The SMILES string of the molecule is CN1C=C(c2cccc(C#N)c2N2CCC(c3nncn3C)CC2)C=CC1=C=O. The van der Waals surface area contributed by atoms with Crippen molar-refractivity contribution >= 4 is 17.2 Å². The molecule has 29 heavy (non-hydrogen) atoms. The van der Waals surface area contributed by atoms with Crippen LogP contribution in [0.15, 0.2) is 48.6 Å². The van der Waals surface area contributed by atoms with E-state index in [1.54, 1.807) is 17.3 Å². The van der Waals surface area contributed by atoms with E-state index in [0.29, 0.717) is 17.2 Å². The molecule has 0 amide bonds. The number of aryl methyl sites for hydroxylation is 1. The average Bonchev–Trinajstić information content (AvgIpc) is 3.19. The Bertz CT molecular complexity index is 1070. The summed E-state index contributed by atoms with van der Waals surface area (Å²) in [4.78, 5) is 15.1. The molecule has 0 atom stereocenters. The van der Waals surface area contributed by atoms with Crippen molar-refractivity contribution in [2.75, 3.05) is 25.0 Å². The van der Waals surface area contributed by atoms with Crippen molar-refractivity contribution in [3.05, 3.63) is 65.5 Å². The third kappa shape index (κ3) is 3.46. The van der Waals surface area contributed by atoms with Gasteiger partial charge in [0.05, 0.1) is 11.3 Å². The minimum atomic E-state index is 0.372. The Kier molecular flexibility index (Phi) is 5.03. The highest BCUT2D eigenvalue weighted by atomic mass is 16.1. The van der Waals surface area contributed by atoms with Gasteiger partial charge in [-0.1, -0.05) is 12.1 Å². The Labute approximate surface area is 169 Å². The van der Waals surface area contributed by atoms with Crippen molar-refractivity contribution in [2.24, 2.45) is 7.05 Å². The van der Waals surface area contributed by atoms with Crippen molar-refractivity contribution in [3.8, 4) is 6.07 Å². The second-order valence-corrected chi connectivity index (χ2v) is 7.39. The lowest BCUT2D eigenvalue weighted by Crippen LogP contribution is -2.34. The van der Waals surface area contributed by atoms with Crippen molar-refractivity contribution < 1.29 is 4.79 Å². The second-order valence-electron chi connectivity index (χ2n) is 7.39. The summed E-state index contributed by atoms with van der Waals surface area (Å²) in [6.07, 6.45) is 9.23. The molecule has 1 saturated heterocycles. The topological polar surface area (TPSA) is 78.1 Å². The van der Waals surface area contributed by atoms with Crippen LogP contribution in [0.1, 0.15) is 35.7 Å². The number of piperidine rings is 1. The Morgan fingerprint density at radius 2 is 1.97 bits per heavy atom. The molecule has 4 rings (SSSR count). The largest absolute Gasteiger partial charge is 0.370 e. The van der Waals surface area contributed by atoms with E-state index in [0.717, 1.165) is 48.6 Å². The number of carbonyl (C=O) groups excluding carboxylic acids is 1. The number of nitriles is 1. The molecule has 2 aromatic rings. The van der Waals surface area contributed by atoms with Crippen molar-refractivity contribution in [1.29, 1.82) is 5.26 Å². The van der Waals surface area contributed by atoms with E-state index in [1.807, 2.05) is 55.1 Å². The predicted octanol–water partition coefficient (Wildman–Crippen LogP) is 2.63. The first-order valence-electron chi connectivity index (χ1n) is 9.62. The molecular formula is C22H22N6O. The average molecular weight is 386 g/mol. The smallest absolute Gasteiger partial charge is 0.150 e. The monoisotopic (exact) mass is 386 g/mol. The lowest BCUT2D eigenvalue weighted by atomic mass is 9.92. The number of nitrogens with zero attached hydrogens (tertiary/aromatic N) is 6. The van der Waals surface area contributed by atoms with Crippen LogP contribution in [0.2, 0.25) is 0 Å². The molecule has 0 bridgehead atoms. The van der Waals surface area contributed by atoms with Gasteiger partial charge in [-0.3, -0.25) is 0 Å². The molecule has 1 aromatic carbocycles. The standard InChI is InChI=1S/C22H22N6O/c1-26-13-18(6-7-19(26)14-29)20-5-3-4-17(12-23)21(20)28-10-8-16(9-11-28)22-25-24-15-27(22)2/h3-7,13,15-16H,8-11H2,1-2H3. The number of para-hydroxylation sites is 1. The van der Waals surface area contributed by atoms with Gasteiger partial charge in [0.2, 0.25) is 0 Å². The summed E-state index contributed by atoms with van der Waals surface area (Å²) in [7, 11) is 3.80. The van der Waals surface area contributed by atoms with E-state index in [1.165, 1.54) is 0 Å². The number of allylic oxidation sites excluding steroid dienone is 3. The molecule has 3 heterocycles. The van der Waals surface area contributed by atoms with Gasteiger partial charge in [-0.25, -0.2) is 4.79 Å². The number of hydrogen-bond acceptors (Lipinski definition) is 6. The molecule has 0 unspecified atom stereocenters. The van der Waals surface area contributed by atoms with Crippen LogP contribution in [0.3, 0.4) is 0 Å². The third-order valence-electron chi connectivity index (χ3n) is 5.63. The van der Waals surface area contributed by atoms with E-state index >= 15 is 0 Å². The van der Waals surface area contributed by atoms with Gasteiger partial charge in [0.15, 0.2) is 5.94 Å². The summed E-state index contributed by atoms with van der Waals surface area (Å²) in [5.74, 6) is 3.33. The zero-order valence-corrected chi connectivity index (χ0v) is 16.5. The predicted molar refractivity (Wildman–Crippen MR) is 110 cm³/mol. The molecule has 0 saturated carbocycles. The highest BCUT2D eigenvalue weighted by Crippen LogP contribution is 2.37. The fraction of sp³-hybridized carbons (Fsp3) is 0.318. The van der Waals surface area contributed by atoms with Crippen LogP contribution < -0.4 is 4.90 Å². The minimum absolute atomic E-state index is 0.372. The quantitative estimate of drug-likeness (QED) is 0.755. The Morgan fingerprint density at radius 1 is 1.17 bits per heavy atom. The van der Waals surface area contributed by atoms with Crippen molar-refractivity contribution in [3.63, 3.8) is 0 Å². The third-order valence-corrected chi connectivity index (χ3v) is 5.63. The van der Waals surface area contributed by atoms with Crippen LogP contribution in [0.25, 0.3) is 5.57 Å². The van der Waals surface area contributed by atoms with Gasteiger partial charge in [0.25, 0.3) is 0 Å². The molecule has 1 fully saturated rings. The van der Waals surface area contributed by atoms with Crippen LogP contribution in [0.5, 0.6) is 0 Å². The fourth-order valence-electron chi connectivity index (χ4n) is 4.10. The van der Waals surface area contributed by atoms with E-state index in [2.05, 4.69) is 21.2 Å². The summed E-state index contributed by atoms with van der Waals surface area (Å²) in [5, 5.41) is 18.0. The molecule has 7 nitrogen and oxygen atoms in total. The summed E-state index contributed by atoms with van der Waals surface area (Å²) >= 11 is 0. The number of anilines is 1. The van der Waals surface area contributed by atoms with Crippen LogP contribution in [-0.2, 0) is 11.8 Å². The number of aromatic nitrogens is 3. The van der Waals surface area contributed by atoms with Crippen LogP contribution in [0, 0.1) is 11.3 Å². The van der Waals surface area contributed by atoms with Gasteiger partial charge in [0, 0.05) is 50.4 Å². The molecule has 1 aromatic heterocycles. The Balaban J connectivity index is 1.65. The second kappa shape index (κ2) is 7.78. The van der Waals surface area contributed by atoms with Gasteiger partial charge in [0.1, 0.15) is 23.9 Å². The van der Waals surface area contributed by atoms with E-state index < -0.39 is 0 Å². The Morgan fingerprint density at radius 3 is 2.59 bits per heavy atom. The molecule has 2 aliphatic heterocycles. The molecule has 146 valence electrons. The number of rotatable bonds is 3. The zero-order valence-electron chi connectivity index (χ0n) is 16.5. The molecule has 0 radical (unpaired) electrons. The van der Waals surface area contributed by atoms with Gasteiger partial charge >= 0.3 is 0 Å². The first-order chi connectivity index (χ1) is 14.1. The van der Waals surface area contributed by atoms with E-state index in [9.17, 15) is 10.1 Å². The Hall–Kier alpha value is -3.62. The maximum atomic E-state index is 11.0. The summed E-state index contributed by atoms with van der Waals surface area (Å²) in [6.45, 7) is 1.69. The number of likely N-dealkylation sites (N-methyl/N-ethyl adjacent to an activating group) is 1. The first kappa shape index (κ1) is 18.7. The summed E-state index contributed by atoms with van der Waals surface area (Å²) in [5.41, 5.74) is 4.06. The van der Waals surface area contributed by atoms with Crippen molar-refractivity contribution in [2.45, 2.75) is 18.8 Å². The van der Waals surface area contributed by atoms with E-state index in [4.69, 9.17) is 0 Å². The highest BCUT2D eigenvalue weighted by molar-refractivity contribution is 5.87. The maximum absolute atomic E-state index is 11.0. The fourth-order valence-corrected chi connectivity index (χ4v) is 4.10. The van der Waals surface area contributed by atoms with Crippen LogP contribution >= 0.6 is 0 Å². The minimum Gasteiger partial charge on any atom is -0.370 e. The molecule has 7 heteroatoms. The van der Waals surface area contributed by atoms with Gasteiger partial charge in [-0.15, -0.1) is 10.2 Å². The molecule has 0 N–H and O–H groups in total. The number of benzene rings is 1. The molecule has 0 spiro atoms. The maximum Gasteiger partial charge on any atom is 0.150 e. The highest BCUT2D eigenvalue weighted by Gasteiger charge is 2.27. The van der Waals surface area contributed by atoms with Crippen molar-refractivity contribution in [1.82, 2.24) is 19.7 Å². The first-order valence-corrected chi connectivity index (χ1v) is 9.62. The van der Waals surface area contributed by atoms with Gasteiger partial charge < -0.3 is 14.4 Å².